The number of ether oxygens (including phenoxy) is 4. The second-order valence-corrected chi connectivity index (χ2v) is 36.0. The number of carbonyl (C=O) groups excluding carboxylic acids is 4. The average molecular weight is 1560 g/mol. The van der Waals surface area contributed by atoms with Gasteiger partial charge in [-0.15, -0.1) is 0 Å². The van der Waals surface area contributed by atoms with Gasteiger partial charge >= 0.3 is 39.5 Å². The van der Waals surface area contributed by atoms with E-state index in [-0.39, 0.29) is 25.7 Å². The summed E-state index contributed by atoms with van der Waals surface area (Å²) >= 11 is 0. The summed E-state index contributed by atoms with van der Waals surface area (Å²) < 4.78 is 68.9. The summed E-state index contributed by atoms with van der Waals surface area (Å²) in [6.45, 7) is 12.0. The van der Waals surface area contributed by atoms with Crippen molar-refractivity contribution < 1.29 is 80.2 Å². The van der Waals surface area contributed by atoms with E-state index in [1.165, 1.54) is 270 Å². The van der Waals surface area contributed by atoms with E-state index >= 15 is 0 Å². The van der Waals surface area contributed by atoms with Gasteiger partial charge in [-0.1, -0.05) is 414 Å². The molecular formula is C88H172O17P2. The predicted molar refractivity (Wildman–Crippen MR) is 441 cm³/mol. The fourth-order valence-electron chi connectivity index (χ4n) is 13.7. The molecular weight excluding hydrogens is 1390 g/mol. The van der Waals surface area contributed by atoms with E-state index in [0.717, 1.165) is 108 Å². The molecule has 0 aromatic carbocycles. The number of aliphatic hydroxyl groups is 1. The minimum atomic E-state index is -4.97. The maximum atomic E-state index is 13.2. The van der Waals surface area contributed by atoms with E-state index in [1.807, 2.05) is 0 Å². The molecule has 0 aromatic rings. The van der Waals surface area contributed by atoms with Crippen LogP contribution in [-0.4, -0.2) is 96.7 Å². The highest BCUT2D eigenvalue weighted by atomic mass is 31.2. The molecule has 0 aromatic heterocycles. The number of aliphatic hydroxyl groups excluding tert-OH is 1. The molecule has 17 nitrogen and oxygen atoms in total. The predicted octanol–water partition coefficient (Wildman–Crippen LogP) is 26.9. The van der Waals surface area contributed by atoms with Crippen molar-refractivity contribution in [1.82, 2.24) is 0 Å². The molecule has 0 aliphatic rings. The van der Waals surface area contributed by atoms with Crippen LogP contribution in [0.3, 0.4) is 0 Å². The molecule has 0 spiro atoms. The van der Waals surface area contributed by atoms with Crippen LogP contribution >= 0.6 is 15.6 Å². The van der Waals surface area contributed by atoms with E-state index in [1.54, 1.807) is 0 Å². The second kappa shape index (κ2) is 78.0. The van der Waals surface area contributed by atoms with E-state index in [9.17, 15) is 43.2 Å². The first kappa shape index (κ1) is 105. The van der Waals surface area contributed by atoms with Crippen molar-refractivity contribution in [3.63, 3.8) is 0 Å². The van der Waals surface area contributed by atoms with Crippen molar-refractivity contribution in [3.8, 4) is 0 Å². The van der Waals surface area contributed by atoms with Gasteiger partial charge in [0.25, 0.3) is 0 Å². The van der Waals surface area contributed by atoms with Crippen molar-refractivity contribution >= 4 is 39.5 Å². The van der Waals surface area contributed by atoms with Crippen LogP contribution in [0, 0.1) is 17.8 Å². The lowest BCUT2D eigenvalue weighted by molar-refractivity contribution is -0.161. The zero-order valence-corrected chi connectivity index (χ0v) is 72.4. The molecule has 19 heteroatoms. The summed E-state index contributed by atoms with van der Waals surface area (Å²) in [6.07, 6.45) is 69.6. The van der Waals surface area contributed by atoms with Crippen molar-refractivity contribution in [2.75, 3.05) is 39.6 Å². The number of unbranched alkanes of at least 4 members (excludes halogenated alkanes) is 54. The van der Waals surface area contributed by atoms with Crippen LogP contribution in [0.2, 0.25) is 0 Å². The Morgan fingerprint density at radius 1 is 0.252 bits per heavy atom. The zero-order chi connectivity index (χ0) is 78.6. The van der Waals surface area contributed by atoms with Gasteiger partial charge in [0, 0.05) is 25.7 Å². The zero-order valence-electron chi connectivity index (χ0n) is 70.6. The number of phosphoric acid groups is 2. The first-order chi connectivity index (χ1) is 51.7. The van der Waals surface area contributed by atoms with Crippen LogP contribution < -0.4 is 0 Å². The Labute approximate surface area is 658 Å². The van der Waals surface area contributed by atoms with Crippen LogP contribution in [0.1, 0.15) is 466 Å². The van der Waals surface area contributed by atoms with Gasteiger partial charge in [-0.2, -0.15) is 0 Å². The fourth-order valence-corrected chi connectivity index (χ4v) is 15.3. The van der Waals surface area contributed by atoms with Gasteiger partial charge in [-0.25, -0.2) is 9.13 Å². The van der Waals surface area contributed by atoms with Gasteiger partial charge in [0.15, 0.2) is 12.2 Å². The maximum absolute atomic E-state index is 13.2. The molecule has 0 fully saturated rings. The summed E-state index contributed by atoms with van der Waals surface area (Å²) in [7, 11) is -9.93. The molecule has 0 saturated heterocycles. The topological polar surface area (TPSA) is 237 Å². The molecule has 0 aliphatic heterocycles. The third-order valence-corrected chi connectivity index (χ3v) is 22.5. The van der Waals surface area contributed by atoms with Crippen molar-refractivity contribution in [2.24, 2.45) is 17.8 Å². The highest BCUT2D eigenvalue weighted by molar-refractivity contribution is 7.47. The average Bonchev–Trinajstić information content (AvgIpc) is 0.901. The van der Waals surface area contributed by atoms with Gasteiger partial charge in [0.05, 0.1) is 26.4 Å². The van der Waals surface area contributed by atoms with E-state index in [0.29, 0.717) is 31.6 Å². The van der Waals surface area contributed by atoms with Gasteiger partial charge in [-0.3, -0.25) is 37.3 Å². The van der Waals surface area contributed by atoms with Crippen LogP contribution in [0.4, 0.5) is 0 Å². The molecule has 636 valence electrons. The SMILES string of the molecule is CCCCCCCCCCCCCCCCCCCCCC(=O)OC[C@H](COP(=O)(O)OC[C@@H](O)COP(=O)(O)OC[C@@H](COC(=O)CCCCCCCCCC(C)C)OC(=O)CCCCCCCCCCCCCCCCC(C)C)OC(=O)CCCCCCCCCCCCCCCCCCCCC(C)C. The second-order valence-electron chi connectivity index (χ2n) is 33.1. The summed E-state index contributed by atoms with van der Waals surface area (Å²) in [5, 5.41) is 10.7. The summed E-state index contributed by atoms with van der Waals surface area (Å²) in [5.74, 6) is 0.217. The van der Waals surface area contributed by atoms with Crippen LogP contribution in [0.25, 0.3) is 0 Å². The normalized spacial score (nSPS) is 13.8. The molecule has 0 bridgehead atoms. The molecule has 0 heterocycles. The smallest absolute Gasteiger partial charge is 0.462 e. The minimum absolute atomic E-state index is 0.107. The van der Waals surface area contributed by atoms with Crippen LogP contribution in [-0.2, 0) is 65.4 Å². The molecule has 107 heavy (non-hydrogen) atoms. The van der Waals surface area contributed by atoms with E-state index in [4.69, 9.17) is 37.0 Å². The third kappa shape index (κ3) is 81.9. The van der Waals surface area contributed by atoms with Crippen molar-refractivity contribution in [3.05, 3.63) is 0 Å². The van der Waals surface area contributed by atoms with Crippen LogP contribution in [0.5, 0.6) is 0 Å². The summed E-state index contributed by atoms with van der Waals surface area (Å²) in [4.78, 5) is 73.3. The lowest BCUT2D eigenvalue weighted by Crippen LogP contribution is -2.30. The van der Waals surface area contributed by atoms with Crippen LogP contribution in [0.15, 0.2) is 0 Å². The van der Waals surface area contributed by atoms with Gasteiger partial charge in [0.2, 0.25) is 0 Å². The third-order valence-electron chi connectivity index (χ3n) is 20.6. The number of carbonyl (C=O) groups is 4. The summed E-state index contributed by atoms with van der Waals surface area (Å²) in [6, 6.07) is 0. The molecule has 0 aliphatic carbocycles. The highest BCUT2D eigenvalue weighted by Gasteiger charge is 2.31. The lowest BCUT2D eigenvalue weighted by atomic mass is 10.0. The van der Waals surface area contributed by atoms with Gasteiger partial charge in [0.1, 0.15) is 19.3 Å². The standard InChI is InChI=1S/C88H172O17P2/c1-8-9-10-11-12-13-14-15-16-17-18-22-25-31-36-41-48-55-62-69-85(90)98-75-83(104-87(92)71-64-57-49-42-37-32-26-23-20-19-21-24-29-34-39-45-52-59-66-79(2)3)77-102-106(94,95)100-73-82(89)74-101-107(96,97)103-78-84(76-99-86(91)70-63-56-51-44-47-54-61-68-81(6)7)105-88(93)72-65-58-50-43-38-33-28-27-30-35-40-46-53-60-67-80(4)5/h79-84,89H,8-78H2,1-7H3,(H,94,95)(H,96,97)/t82-,83-,84-/m1/s1. The molecule has 0 amide bonds. The number of hydrogen-bond donors (Lipinski definition) is 3. The number of esters is 4. The maximum Gasteiger partial charge on any atom is 0.472 e. The number of phosphoric ester groups is 2. The quantitative estimate of drug-likeness (QED) is 0.0222. The molecule has 3 N–H and O–H groups in total. The Hall–Kier alpha value is -1.94. The van der Waals surface area contributed by atoms with Gasteiger partial charge in [-0.05, 0) is 43.4 Å². The fraction of sp³-hybridized carbons (Fsp3) is 0.955. The number of hydrogen-bond acceptors (Lipinski definition) is 15. The Balaban J connectivity index is 5.23. The molecule has 0 saturated carbocycles. The monoisotopic (exact) mass is 1560 g/mol. The van der Waals surface area contributed by atoms with Gasteiger partial charge < -0.3 is 33.8 Å². The Morgan fingerprint density at radius 3 is 0.636 bits per heavy atom. The molecule has 2 unspecified atom stereocenters. The van der Waals surface area contributed by atoms with Crippen molar-refractivity contribution in [2.45, 2.75) is 484 Å². The minimum Gasteiger partial charge on any atom is -0.462 e. The first-order valence-electron chi connectivity index (χ1n) is 45.3. The largest absolute Gasteiger partial charge is 0.472 e. The lowest BCUT2D eigenvalue weighted by Gasteiger charge is -2.21. The Morgan fingerprint density at radius 2 is 0.430 bits per heavy atom. The van der Waals surface area contributed by atoms with E-state index < -0.39 is 97.5 Å². The molecule has 5 atom stereocenters. The van der Waals surface area contributed by atoms with E-state index in [2.05, 4.69) is 48.5 Å². The highest BCUT2D eigenvalue weighted by Crippen LogP contribution is 2.45. The Kier molecular flexibility index (Phi) is 76.6. The van der Waals surface area contributed by atoms with Crippen molar-refractivity contribution in [1.29, 1.82) is 0 Å². The molecule has 0 rings (SSSR count). The summed E-state index contributed by atoms with van der Waals surface area (Å²) in [5.41, 5.74) is 0. The first-order valence-corrected chi connectivity index (χ1v) is 48.3. The number of rotatable bonds is 86. The molecule has 0 radical (unpaired) electrons. The Bertz CT molecular complexity index is 2060.